The minimum atomic E-state index is -0.573. The highest BCUT2D eigenvalue weighted by atomic mass is 32.1. The Hall–Kier alpha value is -3.04. The predicted molar refractivity (Wildman–Crippen MR) is 179 cm³/mol. The van der Waals surface area contributed by atoms with Crippen LogP contribution in [0.1, 0.15) is 60.4 Å². The number of fused-ring (bicyclic) bond motifs is 6. The van der Waals surface area contributed by atoms with Crippen molar-refractivity contribution in [2.75, 3.05) is 0 Å². The minimum Gasteiger partial charge on any atom is -0.207 e. The average Bonchev–Trinajstić information content (AvgIpc) is 3.76. The molecule has 8 rings (SSSR count). The molecule has 0 aliphatic heterocycles. The van der Waals surface area contributed by atoms with Crippen LogP contribution in [-0.4, -0.2) is 0 Å². The van der Waals surface area contributed by atoms with Gasteiger partial charge in [0, 0.05) is 55.4 Å². The first-order valence-corrected chi connectivity index (χ1v) is 17.5. The van der Waals surface area contributed by atoms with E-state index in [-0.39, 0.29) is 22.0 Å². The molecule has 0 bridgehead atoms. The molecule has 44 heavy (non-hydrogen) atoms. The lowest BCUT2D eigenvalue weighted by atomic mass is 9.83. The van der Waals surface area contributed by atoms with Crippen LogP contribution in [0.2, 0.25) is 0 Å². The van der Waals surface area contributed by atoms with Crippen LogP contribution >= 0.6 is 45.3 Å². The molecule has 0 spiro atoms. The number of benzene rings is 2. The van der Waals surface area contributed by atoms with Crippen LogP contribution in [0, 0.1) is 37.1 Å². The Balaban J connectivity index is 1.18. The fourth-order valence-corrected chi connectivity index (χ4v) is 12.1. The SMILES string of the molecule is Cc1cc2c(s1)-c1sc(-c3c(F)cc(-c4cc5c(s4)-c4sc(-c6cc(F)c(C)c(F)c6)cc4C5(C)C)cc3F)cc1C2(C)C. The van der Waals surface area contributed by atoms with Gasteiger partial charge in [0.15, 0.2) is 0 Å². The Morgan fingerprint density at radius 3 is 1.30 bits per heavy atom. The lowest BCUT2D eigenvalue weighted by Crippen LogP contribution is -2.13. The number of hydrogen-bond donors (Lipinski definition) is 0. The van der Waals surface area contributed by atoms with E-state index in [1.807, 2.05) is 18.2 Å². The summed E-state index contributed by atoms with van der Waals surface area (Å²) in [6, 6.07) is 13.9. The third kappa shape index (κ3) is 3.84. The summed E-state index contributed by atoms with van der Waals surface area (Å²) in [4.78, 5) is 7.81. The highest BCUT2D eigenvalue weighted by molar-refractivity contribution is 7.26. The van der Waals surface area contributed by atoms with E-state index in [0.717, 1.165) is 41.1 Å². The Bertz CT molecular complexity index is 2150. The summed E-state index contributed by atoms with van der Waals surface area (Å²) in [5.74, 6) is -2.28. The van der Waals surface area contributed by atoms with Crippen molar-refractivity contribution in [1.29, 1.82) is 0 Å². The van der Waals surface area contributed by atoms with Gasteiger partial charge >= 0.3 is 0 Å². The molecule has 2 aromatic carbocycles. The van der Waals surface area contributed by atoms with Crippen molar-refractivity contribution in [3.05, 3.63) is 104 Å². The zero-order chi connectivity index (χ0) is 31.0. The molecule has 4 heterocycles. The first-order valence-electron chi connectivity index (χ1n) is 14.3. The molecule has 222 valence electrons. The van der Waals surface area contributed by atoms with Crippen LogP contribution in [0.4, 0.5) is 17.6 Å². The third-order valence-corrected chi connectivity index (χ3v) is 14.2. The normalized spacial score (nSPS) is 15.4. The third-order valence-electron chi connectivity index (χ3n) is 9.30. The maximum absolute atomic E-state index is 15.8. The molecular formula is C36H26F4S4. The van der Waals surface area contributed by atoms with E-state index in [4.69, 9.17) is 0 Å². The van der Waals surface area contributed by atoms with E-state index in [0.29, 0.717) is 16.0 Å². The maximum Gasteiger partial charge on any atom is 0.135 e. The summed E-state index contributed by atoms with van der Waals surface area (Å²) >= 11 is 6.20. The van der Waals surface area contributed by atoms with E-state index < -0.39 is 23.3 Å². The average molecular weight is 663 g/mol. The zero-order valence-electron chi connectivity index (χ0n) is 24.8. The van der Waals surface area contributed by atoms with Gasteiger partial charge in [-0.05, 0) is 95.8 Å². The van der Waals surface area contributed by atoms with E-state index in [9.17, 15) is 8.78 Å². The van der Waals surface area contributed by atoms with Gasteiger partial charge in [-0.25, -0.2) is 17.6 Å². The molecule has 0 N–H and O–H groups in total. The highest BCUT2D eigenvalue weighted by Gasteiger charge is 2.41. The van der Waals surface area contributed by atoms with Crippen LogP contribution in [0.5, 0.6) is 0 Å². The second kappa shape index (κ2) is 9.25. The van der Waals surface area contributed by atoms with Crippen molar-refractivity contribution in [3.8, 4) is 50.8 Å². The number of halogens is 4. The lowest BCUT2D eigenvalue weighted by molar-refractivity contribution is 0.569. The summed E-state index contributed by atoms with van der Waals surface area (Å²) in [7, 11) is 0. The topological polar surface area (TPSA) is 0 Å². The first kappa shape index (κ1) is 28.4. The standard InChI is InChI=1S/C36H26F4S4/c1-15-7-19-31(41-15)32-22(35(19,3)4)14-29(44-32)30-25(39)10-18(11-26(30)40)28-13-21-34(43-28)33-20(36(21,5)6)12-27(42-33)17-8-23(37)16(2)24(38)9-17/h7-14H,1-6H3. The predicted octanol–water partition coefficient (Wildman–Crippen LogP) is 12.7. The van der Waals surface area contributed by atoms with Crippen molar-refractivity contribution in [2.24, 2.45) is 0 Å². The quantitative estimate of drug-likeness (QED) is 0.165. The molecule has 6 aromatic rings. The molecule has 0 radical (unpaired) electrons. The van der Waals surface area contributed by atoms with Gasteiger partial charge in [-0.15, -0.1) is 45.3 Å². The molecule has 0 saturated heterocycles. The Kier molecular flexibility index (Phi) is 5.98. The zero-order valence-corrected chi connectivity index (χ0v) is 28.0. The molecule has 0 fully saturated rings. The molecule has 8 heteroatoms. The van der Waals surface area contributed by atoms with Crippen molar-refractivity contribution in [1.82, 2.24) is 0 Å². The van der Waals surface area contributed by atoms with Gasteiger partial charge in [0.1, 0.15) is 23.3 Å². The van der Waals surface area contributed by atoms with Gasteiger partial charge in [-0.2, -0.15) is 0 Å². The fourth-order valence-electron chi connectivity index (χ4n) is 6.66. The van der Waals surface area contributed by atoms with Gasteiger partial charge in [-0.1, -0.05) is 27.7 Å². The Labute approximate surface area is 269 Å². The molecular weight excluding hydrogens is 637 g/mol. The number of rotatable bonds is 3. The fraction of sp³-hybridized carbons (Fsp3) is 0.222. The van der Waals surface area contributed by atoms with Crippen LogP contribution in [0.3, 0.4) is 0 Å². The molecule has 0 unspecified atom stereocenters. The van der Waals surface area contributed by atoms with Crippen molar-refractivity contribution in [3.63, 3.8) is 0 Å². The summed E-state index contributed by atoms with van der Waals surface area (Å²) in [6.07, 6.45) is 0. The number of thiophene rings is 4. The van der Waals surface area contributed by atoms with Crippen molar-refractivity contribution < 1.29 is 17.6 Å². The summed E-state index contributed by atoms with van der Waals surface area (Å²) < 4.78 is 60.4. The van der Waals surface area contributed by atoms with Gasteiger partial charge < -0.3 is 0 Å². The van der Waals surface area contributed by atoms with E-state index in [2.05, 4.69) is 40.7 Å². The Morgan fingerprint density at radius 1 is 0.455 bits per heavy atom. The van der Waals surface area contributed by atoms with Gasteiger partial charge in [0.2, 0.25) is 0 Å². The molecule has 2 aliphatic carbocycles. The van der Waals surface area contributed by atoms with Crippen LogP contribution in [0.15, 0.2) is 48.5 Å². The molecule has 2 aliphatic rings. The van der Waals surface area contributed by atoms with Crippen LogP contribution < -0.4 is 0 Å². The lowest BCUT2D eigenvalue weighted by Gasteiger charge is -2.19. The first-order chi connectivity index (χ1) is 20.8. The van der Waals surface area contributed by atoms with E-state index in [1.165, 1.54) is 80.5 Å². The Morgan fingerprint density at radius 2 is 0.818 bits per heavy atom. The van der Waals surface area contributed by atoms with Crippen molar-refractivity contribution in [2.45, 2.75) is 52.4 Å². The van der Waals surface area contributed by atoms with Gasteiger partial charge in [0.05, 0.1) is 5.56 Å². The molecule has 0 amide bonds. The molecule has 0 atom stereocenters. The number of hydrogen-bond acceptors (Lipinski definition) is 4. The van der Waals surface area contributed by atoms with Crippen molar-refractivity contribution >= 4 is 45.3 Å². The van der Waals surface area contributed by atoms with Gasteiger partial charge in [-0.3, -0.25) is 0 Å². The van der Waals surface area contributed by atoms with Crippen LogP contribution in [-0.2, 0) is 10.8 Å². The maximum atomic E-state index is 15.8. The molecule has 0 nitrogen and oxygen atoms in total. The second-order valence-corrected chi connectivity index (χ2v) is 17.2. The summed E-state index contributed by atoms with van der Waals surface area (Å²) in [6.45, 7) is 12.1. The smallest absolute Gasteiger partial charge is 0.135 e. The van der Waals surface area contributed by atoms with E-state index >= 15 is 8.78 Å². The largest absolute Gasteiger partial charge is 0.207 e. The molecule has 0 saturated carbocycles. The summed E-state index contributed by atoms with van der Waals surface area (Å²) in [5.41, 5.74) is 5.07. The second-order valence-electron chi connectivity index (χ2n) is 12.8. The van der Waals surface area contributed by atoms with Gasteiger partial charge in [0.25, 0.3) is 0 Å². The van der Waals surface area contributed by atoms with E-state index in [1.54, 1.807) is 11.3 Å². The molecule has 4 aromatic heterocycles. The van der Waals surface area contributed by atoms with Crippen LogP contribution in [0.25, 0.3) is 50.8 Å². The summed E-state index contributed by atoms with van der Waals surface area (Å²) in [5, 5.41) is 0. The number of aryl methyl sites for hydroxylation is 1. The highest BCUT2D eigenvalue weighted by Crippen LogP contribution is 2.59. The minimum absolute atomic E-state index is 0.00703. The monoisotopic (exact) mass is 662 g/mol.